The third-order valence-corrected chi connectivity index (χ3v) is 3.23. The Kier molecular flexibility index (Phi) is 4.44. The topological polar surface area (TPSA) is 24.9 Å². The molecule has 2 aromatic rings. The molecule has 0 saturated heterocycles. The van der Waals surface area contributed by atoms with Crippen LogP contribution < -0.4 is 5.32 Å². The van der Waals surface area contributed by atoms with Gasteiger partial charge in [0.15, 0.2) is 0 Å². The number of nitrogens with zero attached hydrogens (tertiary/aromatic N) is 1. The number of nitrogens with one attached hydrogen (secondary N) is 1. The molecule has 1 atom stereocenters. The van der Waals surface area contributed by atoms with Crippen LogP contribution in [0.25, 0.3) is 0 Å². The van der Waals surface area contributed by atoms with E-state index in [9.17, 15) is 4.39 Å². The summed E-state index contributed by atoms with van der Waals surface area (Å²) < 4.78 is 14.5. The van der Waals surface area contributed by atoms with Crippen LogP contribution in [0.3, 0.4) is 0 Å². The molecule has 1 aromatic carbocycles. The smallest absolute Gasteiger partial charge is 0.128 e. The second kappa shape index (κ2) is 6.07. The molecule has 94 valence electrons. The van der Waals surface area contributed by atoms with Crippen molar-refractivity contribution in [2.45, 2.75) is 19.5 Å². The van der Waals surface area contributed by atoms with Crippen LogP contribution in [0.5, 0.6) is 0 Å². The van der Waals surface area contributed by atoms with E-state index >= 15 is 0 Å². The summed E-state index contributed by atoms with van der Waals surface area (Å²) in [5, 5.41) is 3.26. The zero-order chi connectivity index (χ0) is 13.0. The van der Waals surface area contributed by atoms with E-state index in [1.54, 1.807) is 18.3 Å². The fraction of sp³-hybridized carbons (Fsp3) is 0.214. The number of rotatable bonds is 4. The van der Waals surface area contributed by atoms with Crippen LogP contribution in [0.1, 0.15) is 24.2 Å². The molecular weight excluding hydrogens is 295 g/mol. The van der Waals surface area contributed by atoms with E-state index in [1.807, 2.05) is 25.1 Å². The standard InChI is InChI=1S/C14H14BrFN2/c1-10(13-8-11(15)5-6-14(13)16)18-9-12-4-2-3-7-17-12/h2-8,10,18H,9H2,1H3. The third kappa shape index (κ3) is 3.37. The highest BCUT2D eigenvalue weighted by atomic mass is 79.9. The predicted molar refractivity (Wildman–Crippen MR) is 73.6 cm³/mol. The van der Waals surface area contributed by atoms with Gasteiger partial charge in [0.25, 0.3) is 0 Å². The molecule has 0 bridgehead atoms. The first kappa shape index (κ1) is 13.2. The lowest BCUT2D eigenvalue weighted by molar-refractivity contribution is 0.524. The summed E-state index contributed by atoms with van der Waals surface area (Å²) in [5.74, 6) is -0.195. The molecule has 0 aliphatic rings. The number of aromatic nitrogens is 1. The van der Waals surface area contributed by atoms with Gasteiger partial charge in [0.2, 0.25) is 0 Å². The highest BCUT2D eigenvalue weighted by Crippen LogP contribution is 2.21. The molecule has 0 aliphatic carbocycles. The summed E-state index contributed by atoms with van der Waals surface area (Å²) in [4.78, 5) is 4.22. The van der Waals surface area contributed by atoms with Crippen molar-refractivity contribution >= 4 is 15.9 Å². The van der Waals surface area contributed by atoms with Crippen molar-refractivity contribution in [3.8, 4) is 0 Å². The van der Waals surface area contributed by atoms with Crippen molar-refractivity contribution in [2.24, 2.45) is 0 Å². The van der Waals surface area contributed by atoms with Gasteiger partial charge < -0.3 is 5.32 Å². The monoisotopic (exact) mass is 308 g/mol. The molecule has 0 fully saturated rings. The van der Waals surface area contributed by atoms with Gasteiger partial charge in [-0.2, -0.15) is 0 Å². The van der Waals surface area contributed by atoms with Crippen LogP contribution in [0.4, 0.5) is 4.39 Å². The van der Waals surface area contributed by atoms with Gasteiger partial charge in [-0.25, -0.2) is 4.39 Å². The highest BCUT2D eigenvalue weighted by molar-refractivity contribution is 9.10. The van der Waals surface area contributed by atoms with Crippen LogP contribution in [0, 0.1) is 5.82 Å². The zero-order valence-electron chi connectivity index (χ0n) is 10.0. The lowest BCUT2D eigenvalue weighted by Crippen LogP contribution is -2.19. The SMILES string of the molecule is CC(NCc1ccccn1)c1cc(Br)ccc1F. The van der Waals surface area contributed by atoms with Gasteiger partial charge in [-0.15, -0.1) is 0 Å². The molecule has 0 spiro atoms. The zero-order valence-corrected chi connectivity index (χ0v) is 11.6. The Morgan fingerprint density at radius 1 is 1.33 bits per heavy atom. The first-order chi connectivity index (χ1) is 8.66. The number of halogens is 2. The Morgan fingerprint density at radius 2 is 2.17 bits per heavy atom. The molecule has 18 heavy (non-hydrogen) atoms. The minimum absolute atomic E-state index is 0.0653. The number of pyridine rings is 1. The van der Waals surface area contributed by atoms with Crippen molar-refractivity contribution in [2.75, 3.05) is 0 Å². The van der Waals surface area contributed by atoms with Gasteiger partial charge >= 0.3 is 0 Å². The van der Waals surface area contributed by atoms with Gasteiger partial charge in [-0.1, -0.05) is 22.0 Å². The van der Waals surface area contributed by atoms with Crippen molar-refractivity contribution in [1.82, 2.24) is 10.3 Å². The van der Waals surface area contributed by atoms with Gasteiger partial charge in [0, 0.05) is 28.8 Å². The average molecular weight is 309 g/mol. The Bertz CT molecular complexity index is 516. The molecule has 1 unspecified atom stereocenters. The van der Waals surface area contributed by atoms with Crippen LogP contribution in [0.2, 0.25) is 0 Å². The normalized spacial score (nSPS) is 12.4. The van der Waals surface area contributed by atoms with E-state index in [0.29, 0.717) is 12.1 Å². The van der Waals surface area contributed by atoms with Gasteiger partial charge in [0.05, 0.1) is 5.69 Å². The Balaban J connectivity index is 2.03. The lowest BCUT2D eigenvalue weighted by Gasteiger charge is -2.15. The minimum Gasteiger partial charge on any atom is -0.304 e. The largest absolute Gasteiger partial charge is 0.304 e. The van der Waals surface area contributed by atoms with Gasteiger partial charge in [0.1, 0.15) is 5.82 Å². The van der Waals surface area contributed by atoms with Crippen LogP contribution >= 0.6 is 15.9 Å². The average Bonchev–Trinajstić information content (AvgIpc) is 2.40. The van der Waals surface area contributed by atoms with E-state index in [1.165, 1.54) is 6.07 Å². The molecule has 0 radical (unpaired) electrons. The molecule has 1 heterocycles. The molecule has 0 aliphatic heterocycles. The van der Waals surface area contributed by atoms with E-state index in [2.05, 4.69) is 26.2 Å². The minimum atomic E-state index is -0.195. The van der Waals surface area contributed by atoms with E-state index < -0.39 is 0 Å². The second-order valence-corrected chi connectivity index (χ2v) is 5.01. The van der Waals surface area contributed by atoms with Crippen molar-refractivity contribution in [1.29, 1.82) is 0 Å². The van der Waals surface area contributed by atoms with E-state index in [4.69, 9.17) is 0 Å². The first-order valence-electron chi connectivity index (χ1n) is 5.75. The maximum atomic E-state index is 13.7. The fourth-order valence-electron chi connectivity index (χ4n) is 1.72. The van der Waals surface area contributed by atoms with E-state index in [0.717, 1.165) is 10.2 Å². The summed E-state index contributed by atoms with van der Waals surface area (Å²) in [6.45, 7) is 2.56. The van der Waals surface area contributed by atoms with Gasteiger partial charge in [-0.3, -0.25) is 4.98 Å². The first-order valence-corrected chi connectivity index (χ1v) is 6.54. The molecule has 1 N–H and O–H groups in total. The Labute approximate surface area is 114 Å². The maximum Gasteiger partial charge on any atom is 0.128 e. The summed E-state index contributed by atoms with van der Waals surface area (Å²) in [7, 11) is 0. The van der Waals surface area contributed by atoms with E-state index in [-0.39, 0.29) is 11.9 Å². The molecule has 2 rings (SSSR count). The molecule has 0 amide bonds. The van der Waals surface area contributed by atoms with Crippen LogP contribution in [-0.4, -0.2) is 4.98 Å². The van der Waals surface area contributed by atoms with Crippen molar-refractivity contribution in [3.63, 3.8) is 0 Å². The summed E-state index contributed by atoms with van der Waals surface area (Å²) >= 11 is 3.35. The Morgan fingerprint density at radius 3 is 2.89 bits per heavy atom. The molecule has 4 heteroatoms. The summed E-state index contributed by atoms with van der Waals surface area (Å²) in [6, 6.07) is 10.7. The number of hydrogen-bond donors (Lipinski definition) is 1. The lowest BCUT2D eigenvalue weighted by atomic mass is 10.1. The van der Waals surface area contributed by atoms with Crippen molar-refractivity contribution in [3.05, 3.63) is 64.1 Å². The molecule has 2 nitrogen and oxygen atoms in total. The maximum absolute atomic E-state index is 13.7. The van der Waals surface area contributed by atoms with Crippen LogP contribution in [0.15, 0.2) is 47.1 Å². The highest BCUT2D eigenvalue weighted by Gasteiger charge is 2.10. The number of hydrogen-bond acceptors (Lipinski definition) is 2. The predicted octanol–water partition coefficient (Wildman–Crippen LogP) is 3.83. The molecule has 0 saturated carbocycles. The summed E-state index contributed by atoms with van der Waals surface area (Å²) in [5.41, 5.74) is 1.60. The quantitative estimate of drug-likeness (QED) is 0.928. The van der Waals surface area contributed by atoms with Crippen LogP contribution in [-0.2, 0) is 6.54 Å². The summed E-state index contributed by atoms with van der Waals surface area (Å²) in [6.07, 6.45) is 1.75. The van der Waals surface area contributed by atoms with Gasteiger partial charge in [-0.05, 0) is 37.3 Å². The third-order valence-electron chi connectivity index (χ3n) is 2.74. The molecular formula is C14H14BrFN2. The second-order valence-electron chi connectivity index (χ2n) is 4.09. The fourth-order valence-corrected chi connectivity index (χ4v) is 2.10. The Hall–Kier alpha value is -1.26. The number of benzene rings is 1. The molecule has 1 aromatic heterocycles. The van der Waals surface area contributed by atoms with Crippen molar-refractivity contribution < 1.29 is 4.39 Å².